The summed E-state index contributed by atoms with van der Waals surface area (Å²) in [6.45, 7) is 5.88. The quantitative estimate of drug-likeness (QED) is 0.819. The molecule has 1 aromatic heterocycles. The molecule has 0 fully saturated rings. The predicted molar refractivity (Wildman–Crippen MR) is 77.1 cm³/mol. The third-order valence-electron chi connectivity index (χ3n) is 2.91. The molecule has 0 saturated carbocycles. The molecule has 0 atom stereocenters. The molecule has 0 saturated heterocycles. The molecule has 3 nitrogen and oxygen atoms in total. The van der Waals surface area contributed by atoms with Gasteiger partial charge in [0.25, 0.3) is 0 Å². The average molecular weight is 294 g/mol. The highest BCUT2D eigenvalue weighted by Gasteiger charge is 2.19. The molecule has 0 radical (unpaired) electrons. The van der Waals surface area contributed by atoms with Gasteiger partial charge in [0.2, 0.25) is 0 Å². The highest BCUT2D eigenvalue weighted by molar-refractivity contribution is 6.32. The van der Waals surface area contributed by atoms with Crippen LogP contribution in [0.2, 0.25) is 10.2 Å². The summed E-state index contributed by atoms with van der Waals surface area (Å²) in [7, 11) is 0. The monoisotopic (exact) mass is 293 g/mol. The standard InChI is InChI=1S/C14H13Cl2N3/c1-8(2)13-11(7-17)14(16)19(18-13)10-5-4-9(3)12(15)6-10/h4-6,8H,1-3H3. The van der Waals surface area contributed by atoms with Crippen molar-refractivity contribution in [1.82, 2.24) is 9.78 Å². The number of rotatable bonds is 2. The lowest BCUT2D eigenvalue weighted by Crippen LogP contribution is -1.98. The van der Waals surface area contributed by atoms with Gasteiger partial charge in [0, 0.05) is 5.02 Å². The van der Waals surface area contributed by atoms with Crippen LogP contribution in [0.3, 0.4) is 0 Å². The van der Waals surface area contributed by atoms with Crippen molar-refractivity contribution in [2.75, 3.05) is 0 Å². The summed E-state index contributed by atoms with van der Waals surface area (Å²) >= 11 is 12.3. The van der Waals surface area contributed by atoms with Crippen LogP contribution in [-0.2, 0) is 0 Å². The maximum absolute atomic E-state index is 9.19. The van der Waals surface area contributed by atoms with Crippen molar-refractivity contribution in [2.24, 2.45) is 0 Å². The molecule has 19 heavy (non-hydrogen) atoms. The zero-order chi connectivity index (χ0) is 14.2. The first-order valence-corrected chi connectivity index (χ1v) is 6.66. The molecular formula is C14H13Cl2N3. The third-order valence-corrected chi connectivity index (χ3v) is 3.67. The van der Waals surface area contributed by atoms with E-state index in [1.54, 1.807) is 10.7 Å². The molecule has 0 unspecified atom stereocenters. The number of aryl methyl sites for hydroxylation is 1. The second-order valence-corrected chi connectivity index (χ2v) is 5.43. The van der Waals surface area contributed by atoms with E-state index >= 15 is 0 Å². The molecule has 0 aliphatic heterocycles. The molecule has 5 heteroatoms. The predicted octanol–water partition coefficient (Wildman–Crippen LogP) is 4.48. The Balaban J connectivity index is 2.63. The van der Waals surface area contributed by atoms with Gasteiger partial charge in [0.1, 0.15) is 11.6 Å². The second-order valence-electron chi connectivity index (χ2n) is 4.66. The molecule has 0 spiro atoms. The Morgan fingerprint density at radius 2 is 2.00 bits per heavy atom. The minimum atomic E-state index is 0.134. The smallest absolute Gasteiger partial charge is 0.150 e. The van der Waals surface area contributed by atoms with E-state index in [1.807, 2.05) is 32.9 Å². The maximum atomic E-state index is 9.19. The fourth-order valence-corrected chi connectivity index (χ4v) is 2.25. The van der Waals surface area contributed by atoms with Crippen molar-refractivity contribution in [1.29, 1.82) is 5.26 Å². The Morgan fingerprint density at radius 1 is 1.32 bits per heavy atom. The molecule has 1 aromatic carbocycles. The van der Waals surface area contributed by atoms with Gasteiger partial charge in [0.05, 0.1) is 11.4 Å². The summed E-state index contributed by atoms with van der Waals surface area (Å²) < 4.78 is 1.56. The molecule has 0 bridgehead atoms. The van der Waals surface area contributed by atoms with Crippen LogP contribution < -0.4 is 0 Å². The zero-order valence-corrected chi connectivity index (χ0v) is 12.4. The molecule has 2 rings (SSSR count). The van der Waals surface area contributed by atoms with Crippen molar-refractivity contribution in [3.8, 4) is 11.8 Å². The van der Waals surface area contributed by atoms with Crippen molar-refractivity contribution < 1.29 is 0 Å². The first-order valence-electron chi connectivity index (χ1n) is 5.90. The zero-order valence-electron chi connectivity index (χ0n) is 10.9. The molecule has 2 aromatic rings. The van der Waals surface area contributed by atoms with Crippen molar-refractivity contribution in [3.05, 3.63) is 45.2 Å². The lowest BCUT2D eigenvalue weighted by atomic mass is 10.1. The van der Waals surface area contributed by atoms with E-state index in [9.17, 15) is 5.26 Å². The van der Waals surface area contributed by atoms with Gasteiger partial charge in [-0.05, 0) is 30.5 Å². The van der Waals surface area contributed by atoms with Crippen LogP contribution in [0.25, 0.3) is 5.69 Å². The highest BCUT2D eigenvalue weighted by Crippen LogP contribution is 2.29. The van der Waals surface area contributed by atoms with Gasteiger partial charge in [-0.1, -0.05) is 43.1 Å². The largest absolute Gasteiger partial charge is 0.220 e. The van der Waals surface area contributed by atoms with Gasteiger partial charge in [0.15, 0.2) is 5.15 Å². The molecule has 98 valence electrons. The van der Waals surface area contributed by atoms with Crippen LogP contribution in [0.4, 0.5) is 0 Å². The molecule has 1 heterocycles. The topological polar surface area (TPSA) is 41.6 Å². The van der Waals surface area contributed by atoms with Gasteiger partial charge < -0.3 is 0 Å². The first kappa shape index (κ1) is 13.9. The van der Waals surface area contributed by atoms with Gasteiger partial charge in [-0.15, -0.1) is 0 Å². The normalized spacial score (nSPS) is 10.8. The summed E-state index contributed by atoms with van der Waals surface area (Å²) in [5, 5.41) is 14.6. The number of benzene rings is 1. The van der Waals surface area contributed by atoms with Crippen LogP contribution in [0.5, 0.6) is 0 Å². The lowest BCUT2D eigenvalue weighted by molar-refractivity contribution is 0.767. The maximum Gasteiger partial charge on any atom is 0.150 e. The molecule has 0 N–H and O–H groups in total. The van der Waals surface area contributed by atoms with E-state index in [0.717, 1.165) is 11.3 Å². The van der Waals surface area contributed by atoms with Gasteiger partial charge in [-0.25, -0.2) is 4.68 Å². The number of halogens is 2. The minimum absolute atomic E-state index is 0.134. The summed E-state index contributed by atoms with van der Waals surface area (Å²) in [5.41, 5.74) is 2.86. The third kappa shape index (κ3) is 2.47. The lowest BCUT2D eigenvalue weighted by Gasteiger charge is -2.05. The Kier molecular flexibility index (Phi) is 3.84. The molecule has 0 aliphatic carbocycles. The minimum Gasteiger partial charge on any atom is -0.220 e. The number of hydrogen-bond donors (Lipinski definition) is 0. The van der Waals surface area contributed by atoms with E-state index in [0.29, 0.717) is 21.4 Å². The fourth-order valence-electron chi connectivity index (χ4n) is 1.81. The first-order chi connectivity index (χ1) is 8.95. The van der Waals surface area contributed by atoms with Crippen LogP contribution in [0.15, 0.2) is 18.2 Å². The number of hydrogen-bond acceptors (Lipinski definition) is 2. The summed E-state index contributed by atoms with van der Waals surface area (Å²) in [6, 6.07) is 7.69. The number of nitriles is 1. The van der Waals surface area contributed by atoms with Crippen LogP contribution in [0.1, 0.15) is 36.6 Å². The molecule has 0 aliphatic rings. The van der Waals surface area contributed by atoms with Crippen molar-refractivity contribution in [2.45, 2.75) is 26.7 Å². The number of nitrogens with zero attached hydrogens (tertiary/aromatic N) is 3. The van der Waals surface area contributed by atoms with Gasteiger partial charge in [-0.3, -0.25) is 0 Å². The van der Waals surface area contributed by atoms with E-state index in [-0.39, 0.29) is 5.92 Å². The average Bonchev–Trinajstić information content (AvgIpc) is 2.70. The van der Waals surface area contributed by atoms with Gasteiger partial charge >= 0.3 is 0 Å². The summed E-state index contributed by atoms with van der Waals surface area (Å²) in [5.74, 6) is 0.134. The van der Waals surface area contributed by atoms with Crippen LogP contribution in [0, 0.1) is 18.3 Å². The Labute approximate surface area is 122 Å². The van der Waals surface area contributed by atoms with E-state index in [1.165, 1.54) is 0 Å². The Hall–Kier alpha value is -1.50. The van der Waals surface area contributed by atoms with Crippen molar-refractivity contribution >= 4 is 23.2 Å². The van der Waals surface area contributed by atoms with E-state index in [4.69, 9.17) is 23.2 Å². The molecule has 0 amide bonds. The Bertz CT molecular complexity index is 666. The second kappa shape index (κ2) is 5.24. The molecular weight excluding hydrogens is 281 g/mol. The van der Waals surface area contributed by atoms with Crippen LogP contribution >= 0.6 is 23.2 Å². The van der Waals surface area contributed by atoms with Crippen LogP contribution in [-0.4, -0.2) is 9.78 Å². The SMILES string of the molecule is Cc1ccc(-n2nc(C(C)C)c(C#N)c2Cl)cc1Cl. The summed E-state index contributed by atoms with van der Waals surface area (Å²) in [6.07, 6.45) is 0. The fraction of sp³-hybridized carbons (Fsp3) is 0.286. The van der Waals surface area contributed by atoms with E-state index in [2.05, 4.69) is 11.2 Å². The number of aromatic nitrogens is 2. The Morgan fingerprint density at radius 3 is 2.47 bits per heavy atom. The summed E-state index contributed by atoms with van der Waals surface area (Å²) in [4.78, 5) is 0. The van der Waals surface area contributed by atoms with Gasteiger partial charge in [-0.2, -0.15) is 10.4 Å². The van der Waals surface area contributed by atoms with Crippen molar-refractivity contribution in [3.63, 3.8) is 0 Å². The highest BCUT2D eigenvalue weighted by atomic mass is 35.5. The van der Waals surface area contributed by atoms with E-state index < -0.39 is 0 Å².